The van der Waals surface area contributed by atoms with Gasteiger partial charge in [-0.2, -0.15) is 0 Å². The summed E-state index contributed by atoms with van der Waals surface area (Å²) in [5.41, 5.74) is 7.33. The molecule has 0 unspecified atom stereocenters. The molecule has 0 bridgehead atoms. The highest BCUT2D eigenvalue weighted by atomic mass is 14.7. The highest BCUT2D eigenvalue weighted by molar-refractivity contribution is 5.74. The van der Waals surface area contributed by atoms with Crippen molar-refractivity contribution < 1.29 is 0 Å². The zero-order valence-electron chi connectivity index (χ0n) is 7.07. The molecule has 0 aliphatic carbocycles. The molecule has 0 atom stereocenters. The zero-order valence-corrected chi connectivity index (χ0v) is 7.07. The van der Waals surface area contributed by atoms with Crippen molar-refractivity contribution in [3.8, 4) is 0 Å². The van der Waals surface area contributed by atoms with Crippen LogP contribution in [-0.4, -0.2) is 6.21 Å². The number of aryl methyl sites for hydroxylation is 1. The fourth-order valence-corrected chi connectivity index (χ4v) is 0.810. The molecule has 2 N–H and O–H groups in total. The number of rotatable bonds is 2. The molecule has 0 heterocycles. The average Bonchev–Trinajstić information content (AvgIpc) is 2.09. The minimum atomic E-state index is 0.943. The third-order valence-electron chi connectivity index (χ3n) is 1.45. The van der Waals surface area contributed by atoms with Gasteiger partial charge < -0.3 is 5.73 Å². The first-order chi connectivity index (χ1) is 5.83. The van der Waals surface area contributed by atoms with E-state index in [1.165, 1.54) is 11.8 Å². The van der Waals surface area contributed by atoms with Crippen molar-refractivity contribution in [1.29, 1.82) is 0 Å². The number of benzene rings is 1. The Morgan fingerprint density at radius 3 is 2.50 bits per heavy atom. The summed E-state index contributed by atoms with van der Waals surface area (Å²) in [4.78, 5) is 4.15. The lowest BCUT2D eigenvalue weighted by molar-refractivity contribution is 1.44. The van der Waals surface area contributed by atoms with Crippen LogP contribution >= 0.6 is 0 Å². The van der Waals surface area contributed by atoms with Crippen LogP contribution < -0.4 is 5.73 Å². The average molecular weight is 160 g/mol. The van der Waals surface area contributed by atoms with Crippen LogP contribution in [0.4, 0.5) is 5.69 Å². The molecule has 0 aliphatic rings. The first-order valence-corrected chi connectivity index (χ1v) is 3.80. The van der Waals surface area contributed by atoms with Crippen LogP contribution in [-0.2, 0) is 0 Å². The summed E-state index contributed by atoms with van der Waals surface area (Å²) in [6.45, 7) is 2.05. The molecule has 0 saturated heterocycles. The van der Waals surface area contributed by atoms with Crippen LogP contribution in [0.5, 0.6) is 0 Å². The standard InChI is InChI=1S/C10H12N2/c1-9-3-5-10(6-4-9)12-8-2-7-11/h2-8H,11H2,1H3/b7-2-,12-8?. The van der Waals surface area contributed by atoms with Crippen LogP contribution in [0.2, 0.25) is 0 Å². The summed E-state index contributed by atoms with van der Waals surface area (Å²) < 4.78 is 0. The lowest BCUT2D eigenvalue weighted by Gasteiger charge is -1.92. The van der Waals surface area contributed by atoms with E-state index < -0.39 is 0 Å². The van der Waals surface area contributed by atoms with Gasteiger partial charge in [0.2, 0.25) is 0 Å². The zero-order chi connectivity index (χ0) is 8.81. The largest absolute Gasteiger partial charge is 0.405 e. The fraction of sp³-hybridized carbons (Fsp3) is 0.100. The van der Waals surface area contributed by atoms with E-state index in [1.54, 1.807) is 12.3 Å². The number of allylic oxidation sites excluding steroid dienone is 1. The van der Waals surface area contributed by atoms with Gasteiger partial charge in [0.25, 0.3) is 0 Å². The summed E-state index contributed by atoms with van der Waals surface area (Å²) in [5.74, 6) is 0. The van der Waals surface area contributed by atoms with Crippen molar-refractivity contribution in [2.45, 2.75) is 6.92 Å². The van der Waals surface area contributed by atoms with Gasteiger partial charge >= 0.3 is 0 Å². The first-order valence-electron chi connectivity index (χ1n) is 3.80. The lowest BCUT2D eigenvalue weighted by atomic mass is 10.2. The van der Waals surface area contributed by atoms with Gasteiger partial charge in [-0.15, -0.1) is 0 Å². The van der Waals surface area contributed by atoms with E-state index in [4.69, 9.17) is 5.73 Å². The van der Waals surface area contributed by atoms with Crippen LogP contribution in [0.25, 0.3) is 0 Å². The molecule has 0 amide bonds. The maximum Gasteiger partial charge on any atom is 0.0629 e. The second-order valence-corrected chi connectivity index (χ2v) is 2.50. The predicted octanol–water partition coefficient (Wildman–Crippen LogP) is 2.17. The molecule has 1 rings (SSSR count). The van der Waals surface area contributed by atoms with E-state index in [0.29, 0.717) is 0 Å². The van der Waals surface area contributed by atoms with E-state index in [9.17, 15) is 0 Å². The van der Waals surface area contributed by atoms with Crippen molar-refractivity contribution in [3.05, 3.63) is 42.1 Å². The Morgan fingerprint density at radius 1 is 1.25 bits per heavy atom. The number of hydrogen-bond acceptors (Lipinski definition) is 2. The predicted molar refractivity (Wildman–Crippen MR) is 52.7 cm³/mol. The van der Waals surface area contributed by atoms with E-state index in [1.807, 2.05) is 31.2 Å². The van der Waals surface area contributed by atoms with Crippen LogP contribution in [0.1, 0.15) is 5.56 Å². The molecule has 2 nitrogen and oxygen atoms in total. The SMILES string of the molecule is Cc1ccc(N=C/C=C\N)cc1. The van der Waals surface area contributed by atoms with Gasteiger partial charge in [0.1, 0.15) is 0 Å². The van der Waals surface area contributed by atoms with Gasteiger partial charge in [0.15, 0.2) is 0 Å². The highest BCUT2D eigenvalue weighted by Crippen LogP contribution is 2.11. The van der Waals surface area contributed by atoms with Gasteiger partial charge in [-0.05, 0) is 31.3 Å². The van der Waals surface area contributed by atoms with Crippen molar-refractivity contribution in [2.24, 2.45) is 10.7 Å². The summed E-state index contributed by atoms with van der Waals surface area (Å²) in [5, 5.41) is 0. The molecule has 0 saturated carbocycles. The monoisotopic (exact) mass is 160 g/mol. The Kier molecular flexibility index (Phi) is 3.08. The number of aliphatic imine (C=N–C) groups is 1. The Labute approximate surface area is 72.4 Å². The summed E-state index contributed by atoms with van der Waals surface area (Å²) in [6, 6.07) is 7.99. The quantitative estimate of drug-likeness (QED) is 0.661. The van der Waals surface area contributed by atoms with E-state index in [2.05, 4.69) is 4.99 Å². The van der Waals surface area contributed by atoms with Crippen molar-refractivity contribution in [1.82, 2.24) is 0 Å². The second kappa shape index (κ2) is 4.34. The Balaban J connectivity index is 2.70. The molecule has 0 fully saturated rings. The van der Waals surface area contributed by atoms with Crippen molar-refractivity contribution >= 4 is 11.9 Å². The van der Waals surface area contributed by atoms with Crippen LogP contribution in [0, 0.1) is 6.92 Å². The molecule has 62 valence electrons. The molecular weight excluding hydrogens is 148 g/mol. The first kappa shape index (κ1) is 8.53. The van der Waals surface area contributed by atoms with Gasteiger partial charge in [0, 0.05) is 6.21 Å². The Bertz CT molecular complexity index is 283. The minimum absolute atomic E-state index is 0.943. The number of hydrogen-bond donors (Lipinski definition) is 1. The molecule has 0 aromatic heterocycles. The maximum absolute atomic E-state index is 5.14. The number of nitrogens with zero attached hydrogens (tertiary/aromatic N) is 1. The molecule has 0 spiro atoms. The van der Waals surface area contributed by atoms with Gasteiger partial charge in [-0.3, -0.25) is 4.99 Å². The minimum Gasteiger partial charge on any atom is -0.405 e. The third-order valence-corrected chi connectivity index (χ3v) is 1.45. The van der Waals surface area contributed by atoms with E-state index in [-0.39, 0.29) is 0 Å². The Hall–Kier alpha value is -1.57. The summed E-state index contributed by atoms with van der Waals surface area (Å²) in [7, 11) is 0. The fourth-order valence-electron chi connectivity index (χ4n) is 0.810. The molecule has 0 aliphatic heterocycles. The molecule has 1 aromatic carbocycles. The highest BCUT2D eigenvalue weighted by Gasteiger charge is 1.84. The molecule has 1 aromatic rings. The van der Waals surface area contributed by atoms with Crippen molar-refractivity contribution in [2.75, 3.05) is 0 Å². The van der Waals surface area contributed by atoms with Crippen molar-refractivity contribution in [3.63, 3.8) is 0 Å². The van der Waals surface area contributed by atoms with E-state index in [0.717, 1.165) is 5.69 Å². The smallest absolute Gasteiger partial charge is 0.0629 e. The van der Waals surface area contributed by atoms with Gasteiger partial charge in [-0.1, -0.05) is 17.7 Å². The molecule has 0 radical (unpaired) electrons. The lowest BCUT2D eigenvalue weighted by Crippen LogP contribution is -1.76. The Morgan fingerprint density at radius 2 is 1.92 bits per heavy atom. The number of nitrogens with two attached hydrogens (primary N) is 1. The second-order valence-electron chi connectivity index (χ2n) is 2.50. The summed E-state index contributed by atoms with van der Waals surface area (Å²) in [6.07, 6.45) is 4.82. The molecular formula is C10H12N2. The van der Waals surface area contributed by atoms with Crippen LogP contribution in [0.3, 0.4) is 0 Å². The van der Waals surface area contributed by atoms with E-state index >= 15 is 0 Å². The third kappa shape index (κ3) is 2.58. The van der Waals surface area contributed by atoms with Gasteiger partial charge in [-0.25, -0.2) is 0 Å². The van der Waals surface area contributed by atoms with Crippen LogP contribution in [0.15, 0.2) is 41.5 Å². The molecule has 2 heteroatoms. The van der Waals surface area contributed by atoms with Gasteiger partial charge in [0.05, 0.1) is 5.69 Å². The summed E-state index contributed by atoms with van der Waals surface area (Å²) >= 11 is 0. The molecule has 12 heavy (non-hydrogen) atoms. The normalized spacial score (nSPS) is 11.4. The maximum atomic E-state index is 5.14. The topological polar surface area (TPSA) is 38.4 Å².